The molecule has 0 aliphatic rings. The number of aromatic nitrogens is 2. The lowest BCUT2D eigenvalue weighted by molar-refractivity contribution is 0.502. The van der Waals surface area contributed by atoms with Gasteiger partial charge >= 0.3 is 0 Å². The molecule has 0 radical (unpaired) electrons. The summed E-state index contributed by atoms with van der Waals surface area (Å²) < 4.78 is 5.30. The van der Waals surface area contributed by atoms with Crippen LogP contribution < -0.4 is 10.6 Å². The van der Waals surface area contributed by atoms with Gasteiger partial charge in [-0.25, -0.2) is 0 Å². The molecule has 2 rings (SSSR count). The van der Waals surface area contributed by atoms with Crippen LogP contribution in [0.5, 0.6) is 0 Å². The molecule has 0 fully saturated rings. The van der Waals surface area contributed by atoms with Gasteiger partial charge in [0.25, 0.3) is 0 Å². The summed E-state index contributed by atoms with van der Waals surface area (Å²) in [5.41, 5.74) is 5.49. The maximum absolute atomic E-state index is 5.49. The van der Waals surface area contributed by atoms with Gasteiger partial charge < -0.3 is 15.1 Å². The fraction of sp³-hybridized carbons (Fsp3) is 0.273. The molecule has 0 aliphatic heterocycles. The summed E-state index contributed by atoms with van der Waals surface area (Å²) >= 11 is 0. The van der Waals surface area contributed by atoms with Crippen molar-refractivity contribution in [1.29, 1.82) is 0 Å². The van der Waals surface area contributed by atoms with Crippen molar-refractivity contribution in [3.63, 3.8) is 0 Å². The lowest BCUT2D eigenvalue weighted by Crippen LogP contribution is -2.23. The first-order valence-corrected chi connectivity index (χ1v) is 5.16. The molecular formula is C11H14N4O. The number of nitrogen functional groups attached to an aromatic ring is 1. The van der Waals surface area contributed by atoms with Crippen molar-refractivity contribution in [2.24, 2.45) is 0 Å². The average Bonchev–Trinajstić information content (AvgIpc) is 2.80. The SMILES string of the molecule is CCN(Cc1ccco1)c1ccc(N)nn1. The molecule has 84 valence electrons. The quantitative estimate of drug-likeness (QED) is 0.845. The number of rotatable bonds is 4. The molecule has 0 aromatic carbocycles. The fourth-order valence-electron chi connectivity index (χ4n) is 1.45. The molecule has 2 aromatic heterocycles. The van der Waals surface area contributed by atoms with Gasteiger partial charge in [-0.05, 0) is 31.2 Å². The van der Waals surface area contributed by atoms with Crippen LogP contribution in [0.25, 0.3) is 0 Å². The summed E-state index contributed by atoms with van der Waals surface area (Å²) in [5.74, 6) is 2.13. The summed E-state index contributed by atoms with van der Waals surface area (Å²) in [7, 11) is 0. The Balaban J connectivity index is 2.13. The standard InChI is InChI=1S/C11H14N4O/c1-2-15(8-9-4-3-7-16-9)11-6-5-10(12)13-14-11/h3-7H,2,8H2,1H3,(H2,12,13). The Bertz CT molecular complexity index is 424. The third-order valence-electron chi connectivity index (χ3n) is 2.30. The fourth-order valence-corrected chi connectivity index (χ4v) is 1.45. The van der Waals surface area contributed by atoms with Crippen molar-refractivity contribution in [3.05, 3.63) is 36.3 Å². The highest BCUT2D eigenvalue weighted by Gasteiger charge is 2.08. The van der Waals surface area contributed by atoms with Crippen LogP contribution in [0.2, 0.25) is 0 Å². The summed E-state index contributed by atoms with van der Waals surface area (Å²) in [6.45, 7) is 3.57. The van der Waals surface area contributed by atoms with Crippen LogP contribution in [-0.4, -0.2) is 16.7 Å². The molecule has 2 aromatic rings. The highest BCUT2D eigenvalue weighted by Crippen LogP contribution is 2.14. The van der Waals surface area contributed by atoms with Crippen molar-refractivity contribution < 1.29 is 4.42 Å². The first-order valence-electron chi connectivity index (χ1n) is 5.16. The lowest BCUT2D eigenvalue weighted by atomic mass is 10.3. The van der Waals surface area contributed by atoms with Gasteiger partial charge in [0.2, 0.25) is 0 Å². The van der Waals surface area contributed by atoms with Gasteiger partial charge in [0.1, 0.15) is 11.6 Å². The van der Waals surface area contributed by atoms with Gasteiger partial charge in [-0.3, -0.25) is 0 Å². The van der Waals surface area contributed by atoms with Gasteiger partial charge in [-0.15, -0.1) is 10.2 Å². The average molecular weight is 218 g/mol. The number of hydrogen-bond acceptors (Lipinski definition) is 5. The Hall–Kier alpha value is -2.04. The van der Waals surface area contributed by atoms with Crippen molar-refractivity contribution in [1.82, 2.24) is 10.2 Å². The topological polar surface area (TPSA) is 68.2 Å². The van der Waals surface area contributed by atoms with Gasteiger partial charge in [0.15, 0.2) is 5.82 Å². The van der Waals surface area contributed by atoms with E-state index in [1.54, 1.807) is 12.3 Å². The minimum absolute atomic E-state index is 0.429. The van der Waals surface area contributed by atoms with Crippen LogP contribution >= 0.6 is 0 Å². The van der Waals surface area contributed by atoms with E-state index in [1.165, 1.54) is 0 Å². The minimum atomic E-state index is 0.429. The van der Waals surface area contributed by atoms with Crippen molar-refractivity contribution in [2.75, 3.05) is 17.2 Å². The Morgan fingerprint density at radius 1 is 1.31 bits per heavy atom. The first kappa shape index (κ1) is 10.5. The molecule has 2 N–H and O–H groups in total. The maximum Gasteiger partial charge on any atom is 0.151 e. The van der Waals surface area contributed by atoms with E-state index in [1.807, 2.05) is 18.2 Å². The van der Waals surface area contributed by atoms with Gasteiger partial charge in [-0.1, -0.05) is 0 Å². The van der Waals surface area contributed by atoms with E-state index in [0.717, 1.165) is 18.1 Å². The molecule has 5 nitrogen and oxygen atoms in total. The van der Waals surface area contributed by atoms with E-state index >= 15 is 0 Å². The summed E-state index contributed by atoms with van der Waals surface area (Å²) in [5, 5.41) is 7.87. The smallest absolute Gasteiger partial charge is 0.151 e. The number of nitrogens with two attached hydrogens (primary N) is 1. The molecule has 0 spiro atoms. The third-order valence-corrected chi connectivity index (χ3v) is 2.30. The van der Waals surface area contributed by atoms with Crippen molar-refractivity contribution >= 4 is 11.6 Å². The van der Waals surface area contributed by atoms with Crippen molar-refractivity contribution in [3.8, 4) is 0 Å². The zero-order valence-corrected chi connectivity index (χ0v) is 9.13. The Labute approximate surface area is 93.9 Å². The monoisotopic (exact) mass is 218 g/mol. The second-order valence-corrected chi connectivity index (χ2v) is 3.41. The molecule has 5 heteroatoms. The van der Waals surface area contributed by atoms with Crippen LogP contribution in [-0.2, 0) is 6.54 Å². The summed E-state index contributed by atoms with van der Waals surface area (Å²) in [6.07, 6.45) is 1.66. The molecule has 2 heterocycles. The van der Waals surface area contributed by atoms with Gasteiger partial charge in [0, 0.05) is 6.54 Å². The molecule has 0 saturated heterocycles. The number of nitrogens with zero attached hydrogens (tertiary/aromatic N) is 3. The lowest BCUT2D eigenvalue weighted by Gasteiger charge is -2.19. The summed E-state index contributed by atoms with van der Waals surface area (Å²) in [4.78, 5) is 2.06. The predicted molar refractivity (Wildman–Crippen MR) is 61.9 cm³/mol. The Kier molecular flexibility index (Phi) is 3.05. The van der Waals surface area contributed by atoms with E-state index in [9.17, 15) is 0 Å². The van der Waals surface area contributed by atoms with Crippen LogP contribution in [0, 0.1) is 0 Å². The molecule has 0 saturated carbocycles. The van der Waals surface area contributed by atoms with Gasteiger partial charge in [-0.2, -0.15) is 0 Å². The van der Waals surface area contributed by atoms with E-state index in [0.29, 0.717) is 12.4 Å². The number of furan rings is 1. The third kappa shape index (κ3) is 2.31. The number of hydrogen-bond donors (Lipinski definition) is 1. The normalized spacial score (nSPS) is 10.3. The minimum Gasteiger partial charge on any atom is -0.467 e. The first-order chi connectivity index (χ1) is 7.79. The second-order valence-electron chi connectivity index (χ2n) is 3.41. The number of anilines is 2. The molecule has 0 atom stereocenters. The zero-order chi connectivity index (χ0) is 11.4. The molecule has 0 amide bonds. The summed E-state index contributed by atoms with van der Waals surface area (Å²) in [6, 6.07) is 7.41. The highest BCUT2D eigenvalue weighted by atomic mass is 16.3. The second kappa shape index (κ2) is 4.65. The van der Waals surface area contributed by atoms with E-state index in [4.69, 9.17) is 10.2 Å². The molecule has 16 heavy (non-hydrogen) atoms. The van der Waals surface area contributed by atoms with Crippen LogP contribution in [0.4, 0.5) is 11.6 Å². The Morgan fingerprint density at radius 3 is 2.75 bits per heavy atom. The molecule has 0 bridgehead atoms. The van der Waals surface area contributed by atoms with Crippen LogP contribution in [0.15, 0.2) is 34.9 Å². The molecule has 0 unspecified atom stereocenters. The predicted octanol–water partition coefficient (Wildman–Crippen LogP) is 1.68. The van der Waals surface area contributed by atoms with E-state index in [-0.39, 0.29) is 0 Å². The largest absolute Gasteiger partial charge is 0.467 e. The Morgan fingerprint density at radius 2 is 2.19 bits per heavy atom. The molecule has 0 aliphatic carbocycles. The van der Waals surface area contributed by atoms with Crippen molar-refractivity contribution in [2.45, 2.75) is 13.5 Å². The van der Waals surface area contributed by atoms with Gasteiger partial charge in [0.05, 0.1) is 12.8 Å². The van der Waals surface area contributed by atoms with E-state index in [2.05, 4.69) is 22.0 Å². The van der Waals surface area contributed by atoms with Crippen LogP contribution in [0.1, 0.15) is 12.7 Å². The molecular weight excluding hydrogens is 204 g/mol. The van der Waals surface area contributed by atoms with E-state index < -0.39 is 0 Å². The maximum atomic E-state index is 5.49. The van der Waals surface area contributed by atoms with Crippen LogP contribution in [0.3, 0.4) is 0 Å². The highest BCUT2D eigenvalue weighted by molar-refractivity contribution is 5.41. The zero-order valence-electron chi connectivity index (χ0n) is 9.13.